The van der Waals surface area contributed by atoms with Crippen LogP contribution < -0.4 is 0 Å². The van der Waals surface area contributed by atoms with Gasteiger partial charge in [0.2, 0.25) is 5.91 Å². The molecule has 0 spiro atoms. The second kappa shape index (κ2) is 5.94. The molecule has 0 unspecified atom stereocenters. The van der Waals surface area contributed by atoms with E-state index in [2.05, 4.69) is 0 Å². The lowest BCUT2D eigenvalue weighted by molar-refractivity contribution is -0.137. The Bertz CT molecular complexity index is 290. The summed E-state index contributed by atoms with van der Waals surface area (Å²) in [5.41, 5.74) is 0. The first-order chi connectivity index (χ1) is 7.25. The minimum absolute atomic E-state index is 0.0736. The molecule has 92 valence electrons. The minimum Gasteiger partial charge on any atom is -0.480 e. The van der Waals surface area contributed by atoms with E-state index in [-0.39, 0.29) is 19.0 Å². The molecule has 0 aromatic heterocycles. The Hall–Kier alpha value is -1.79. The highest BCUT2D eigenvalue weighted by Gasteiger charge is 2.19. The van der Waals surface area contributed by atoms with Crippen LogP contribution in [0.1, 0.15) is 0 Å². The Balaban J connectivity index is 4.28. The zero-order valence-corrected chi connectivity index (χ0v) is 9.93. The molecular formula is C9H17N3O4. The third-order valence-electron chi connectivity index (χ3n) is 1.90. The molecule has 0 heterocycles. The van der Waals surface area contributed by atoms with Crippen molar-refractivity contribution in [3.05, 3.63) is 0 Å². The van der Waals surface area contributed by atoms with Crippen LogP contribution in [0.4, 0.5) is 4.79 Å². The summed E-state index contributed by atoms with van der Waals surface area (Å²) in [5.74, 6) is -1.32. The van der Waals surface area contributed by atoms with E-state index in [1.54, 1.807) is 14.1 Å². The van der Waals surface area contributed by atoms with Crippen LogP contribution in [-0.2, 0) is 9.59 Å². The van der Waals surface area contributed by atoms with Crippen molar-refractivity contribution in [3.8, 4) is 0 Å². The second-order valence-electron chi connectivity index (χ2n) is 3.68. The molecule has 7 nitrogen and oxygen atoms in total. The van der Waals surface area contributed by atoms with Gasteiger partial charge in [0.25, 0.3) is 0 Å². The number of urea groups is 1. The number of carboxylic acid groups (broad SMARTS) is 1. The highest BCUT2D eigenvalue weighted by molar-refractivity contribution is 5.85. The topological polar surface area (TPSA) is 81.2 Å². The van der Waals surface area contributed by atoms with Crippen LogP contribution in [0.5, 0.6) is 0 Å². The molecule has 0 atom stereocenters. The number of carbonyl (C=O) groups excluding carboxylic acids is 2. The number of hydrogen-bond acceptors (Lipinski definition) is 3. The maximum Gasteiger partial charge on any atom is 0.323 e. The van der Waals surface area contributed by atoms with Gasteiger partial charge in [0, 0.05) is 28.2 Å². The molecule has 0 rings (SSSR count). The van der Waals surface area contributed by atoms with Gasteiger partial charge in [-0.25, -0.2) is 4.79 Å². The zero-order chi connectivity index (χ0) is 12.9. The molecular weight excluding hydrogens is 214 g/mol. The molecule has 0 saturated carbocycles. The Morgan fingerprint density at radius 2 is 1.38 bits per heavy atom. The van der Waals surface area contributed by atoms with Gasteiger partial charge >= 0.3 is 12.0 Å². The van der Waals surface area contributed by atoms with E-state index >= 15 is 0 Å². The minimum atomic E-state index is -1.09. The molecule has 0 aromatic rings. The van der Waals surface area contributed by atoms with Crippen LogP contribution in [0.15, 0.2) is 0 Å². The van der Waals surface area contributed by atoms with Gasteiger partial charge in [-0.05, 0) is 0 Å². The van der Waals surface area contributed by atoms with Crippen molar-refractivity contribution in [3.63, 3.8) is 0 Å². The number of hydrogen-bond donors (Lipinski definition) is 1. The monoisotopic (exact) mass is 231 g/mol. The number of rotatable bonds is 4. The Morgan fingerprint density at radius 3 is 1.75 bits per heavy atom. The summed E-state index contributed by atoms with van der Waals surface area (Å²) in [6.45, 7) is -0.463. The first-order valence-corrected chi connectivity index (χ1v) is 4.64. The summed E-state index contributed by atoms with van der Waals surface area (Å²) in [6, 6.07) is -0.502. The summed E-state index contributed by atoms with van der Waals surface area (Å²) in [5, 5.41) is 8.50. The van der Waals surface area contributed by atoms with Crippen LogP contribution in [-0.4, -0.2) is 79.0 Å². The van der Waals surface area contributed by atoms with Crippen molar-refractivity contribution in [2.45, 2.75) is 0 Å². The molecule has 0 aromatic carbocycles. The van der Waals surface area contributed by atoms with Gasteiger partial charge in [-0.3, -0.25) is 9.59 Å². The van der Waals surface area contributed by atoms with E-state index in [1.807, 2.05) is 0 Å². The fraction of sp³-hybridized carbons (Fsp3) is 0.667. The number of carboxylic acids is 1. The van der Waals surface area contributed by atoms with E-state index in [0.29, 0.717) is 0 Å². The number of carbonyl (C=O) groups is 3. The van der Waals surface area contributed by atoms with Crippen LogP contribution in [0.3, 0.4) is 0 Å². The maximum atomic E-state index is 11.6. The molecule has 0 aliphatic rings. The molecule has 0 aliphatic heterocycles. The summed E-state index contributed by atoms with van der Waals surface area (Å²) in [6.07, 6.45) is 0. The lowest BCUT2D eigenvalue weighted by Crippen LogP contribution is -2.45. The quantitative estimate of drug-likeness (QED) is 0.683. The van der Waals surface area contributed by atoms with Crippen LogP contribution >= 0.6 is 0 Å². The zero-order valence-electron chi connectivity index (χ0n) is 9.93. The van der Waals surface area contributed by atoms with Crippen molar-refractivity contribution in [1.82, 2.24) is 14.7 Å². The average molecular weight is 231 g/mol. The lowest BCUT2D eigenvalue weighted by Gasteiger charge is -2.24. The van der Waals surface area contributed by atoms with Gasteiger partial charge in [-0.2, -0.15) is 0 Å². The molecule has 0 saturated heterocycles. The number of aliphatic carboxylic acids is 1. The number of likely N-dealkylation sites (N-methyl/N-ethyl adjacent to an activating group) is 3. The van der Waals surface area contributed by atoms with Gasteiger partial charge in [0.15, 0.2) is 0 Å². The van der Waals surface area contributed by atoms with Crippen LogP contribution in [0.25, 0.3) is 0 Å². The SMILES string of the molecule is CN(C)C(=O)CN(C)C(=O)N(C)CC(=O)O. The van der Waals surface area contributed by atoms with Gasteiger partial charge in [0.1, 0.15) is 13.1 Å². The van der Waals surface area contributed by atoms with Crippen molar-refractivity contribution in [1.29, 1.82) is 0 Å². The molecule has 0 radical (unpaired) electrons. The normalized spacial score (nSPS) is 9.50. The third-order valence-corrected chi connectivity index (χ3v) is 1.90. The van der Waals surface area contributed by atoms with Crippen molar-refractivity contribution >= 4 is 17.9 Å². The summed E-state index contributed by atoms with van der Waals surface area (Å²) in [7, 11) is 5.98. The van der Waals surface area contributed by atoms with Gasteiger partial charge < -0.3 is 19.8 Å². The van der Waals surface area contributed by atoms with E-state index < -0.39 is 12.0 Å². The van der Waals surface area contributed by atoms with E-state index in [9.17, 15) is 14.4 Å². The second-order valence-corrected chi connectivity index (χ2v) is 3.68. The average Bonchev–Trinajstić information content (AvgIpc) is 2.14. The van der Waals surface area contributed by atoms with Crippen molar-refractivity contribution in [2.75, 3.05) is 41.3 Å². The fourth-order valence-electron chi connectivity index (χ4n) is 0.974. The van der Waals surface area contributed by atoms with E-state index in [0.717, 1.165) is 4.90 Å². The molecule has 16 heavy (non-hydrogen) atoms. The third kappa shape index (κ3) is 4.63. The smallest absolute Gasteiger partial charge is 0.323 e. The predicted molar refractivity (Wildman–Crippen MR) is 57.0 cm³/mol. The first-order valence-electron chi connectivity index (χ1n) is 4.64. The van der Waals surface area contributed by atoms with Gasteiger partial charge in [-0.1, -0.05) is 0 Å². The molecule has 0 fully saturated rings. The standard InChI is InChI=1S/C9H17N3O4/c1-10(2)7(13)5-11(3)9(16)12(4)6-8(14)15/h5-6H2,1-4H3,(H,14,15). The van der Waals surface area contributed by atoms with Gasteiger partial charge in [-0.15, -0.1) is 0 Å². The Kier molecular flexibility index (Phi) is 5.27. The van der Waals surface area contributed by atoms with Crippen LogP contribution in [0, 0.1) is 0 Å². The molecule has 7 heteroatoms. The summed E-state index contributed by atoms with van der Waals surface area (Å²) in [4.78, 5) is 36.8. The highest BCUT2D eigenvalue weighted by Crippen LogP contribution is 1.95. The molecule has 0 bridgehead atoms. The lowest BCUT2D eigenvalue weighted by atomic mass is 10.5. The van der Waals surface area contributed by atoms with E-state index in [4.69, 9.17) is 5.11 Å². The number of amides is 3. The molecule has 1 N–H and O–H groups in total. The summed E-state index contributed by atoms with van der Waals surface area (Å²) < 4.78 is 0. The fourth-order valence-corrected chi connectivity index (χ4v) is 0.974. The largest absolute Gasteiger partial charge is 0.480 e. The Labute approximate surface area is 94.2 Å². The van der Waals surface area contributed by atoms with Crippen LogP contribution in [0.2, 0.25) is 0 Å². The highest BCUT2D eigenvalue weighted by atomic mass is 16.4. The Morgan fingerprint density at radius 1 is 0.938 bits per heavy atom. The predicted octanol–water partition coefficient (Wildman–Crippen LogP) is -0.857. The van der Waals surface area contributed by atoms with Crippen molar-refractivity contribution < 1.29 is 19.5 Å². The first kappa shape index (κ1) is 14.2. The maximum absolute atomic E-state index is 11.6. The molecule has 3 amide bonds. The van der Waals surface area contributed by atoms with Crippen molar-refractivity contribution in [2.24, 2.45) is 0 Å². The number of nitrogens with zero attached hydrogens (tertiary/aromatic N) is 3. The van der Waals surface area contributed by atoms with E-state index in [1.165, 1.54) is 23.9 Å². The summed E-state index contributed by atoms with van der Waals surface area (Å²) >= 11 is 0. The van der Waals surface area contributed by atoms with Gasteiger partial charge in [0.05, 0.1) is 0 Å². The molecule has 0 aliphatic carbocycles.